The van der Waals surface area contributed by atoms with E-state index in [1.54, 1.807) is 6.07 Å². The van der Waals surface area contributed by atoms with E-state index < -0.39 is 0 Å². The molecular formula is C13H15Cl2N3. The Hall–Kier alpha value is -1.03. The number of aromatic nitrogens is 2. The molecule has 0 saturated heterocycles. The van der Waals surface area contributed by atoms with Crippen molar-refractivity contribution in [3.8, 4) is 0 Å². The van der Waals surface area contributed by atoms with E-state index in [0.29, 0.717) is 16.6 Å². The fourth-order valence-electron chi connectivity index (χ4n) is 1.82. The van der Waals surface area contributed by atoms with Gasteiger partial charge in [0.2, 0.25) is 0 Å². The van der Waals surface area contributed by atoms with Gasteiger partial charge in [-0.1, -0.05) is 29.3 Å². The lowest BCUT2D eigenvalue weighted by Crippen LogP contribution is -2.08. The smallest absolute Gasteiger partial charge is 0.0677 e. The topological polar surface area (TPSA) is 29.9 Å². The molecule has 0 aliphatic heterocycles. The van der Waals surface area contributed by atoms with Crippen molar-refractivity contribution in [2.24, 2.45) is 0 Å². The van der Waals surface area contributed by atoms with Crippen molar-refractivity contribution in [2.45, 2.75) is 20.0 Å². The summed E-state index contributed by atoms with van der Waals surface area (Å²) >= 11 is 12.0. The summed E-state index contributed by atoms with van der Waals surface area (Å²) < 4.78 is 1.95. The van der Waals surface area contributed by atoms with Crippen molar-refractivity contribution in [3.63, 3.8) is 0 Å². The Morgan fingerprint density at radius 2 is 2.06 bits per heavy atom. The van der Waals surface area contributed by atoms with Gasteiger partial charge >= 0.3 is 0 Å². The first-order valence-corrected chi connectivity index (χ1v) is 6.47. The van der Waals surface area contributed by atoms with E-state index in [1.165, 1.54) is 5.56 Å². The normalized spacial score (nSPS) is 10.9. The second kappa shape index (κ2) is 5.74. The minimum Gasteiger partial charge on any atom is -0.316 e. The summed E-state index contributed by atoms with van der Waals surface area (Å²) in [4.78, 5) is 0. The largest absolute Gasteiger partial charge is 0.316 e. The molecule has 5 heteroatoms. The van der Waals surface area contributed by atoms with E-state index in [1.807, 2.05) is 30.1 Å². The van der Waals surface area contributed by atoms with Crippen molar-refractivity contribution < 1.29 is 0 Å². The third kappa shape index (κ3) is 2.86. The molecule has 0 amide bonds. The van der Waals surface area contributed by atoms with E-state index in [4.69, 9.17) is 23.2 Å². The first kappa shape index (κ1) is 13.4. The maximum Gasteiger partial charge on any atom is 0.0677 e. The second-order valence-corrected chi connectivity index (χ2v) is 5.02. The fourth-order valence-corrected chi connectivity index (χ4v) is 2.29. The van der Waals surface area contributed by atoms with Crippen LogP contribution in [-0.4, -0.2) is 16.8 Å². The number of hydrogen-bond donors (Lipinski definition) is 1. The van der Waals surface area contributed by atoms with Gasteiger partial charge in [0.1, 0.15) is 0 Å². The number of nitrogens with one attached hydrogen (secondary N) is 1. The zero-order valence-electron chi connectivity index (χ0n) is 10.4. The fraction of sp³-hybridized carbons (Fsp3) is 0.308. The molecule has 0 aliphatic carbocycles. The van der Waals surface area contributed by atoms with Crippen molar-refractivity contribution >= 4 is 23.2 Å². The number of rotatable bonds is 4. The summed E-state index contributed by atoms with van der Waals surface area (Å²) in [6, 6.07) is 5.53. The van der Waals surface area contributed by atoms with Gasteiger partial charge in [-0.2, -0.15) is 5.10 Å². The molecule has 0 unspecified atom stereocenters. The van der Waals surface area contributed by atoms with Gasteiger partial charge in [0.05, 0.1) is 12.7 Å². The Balaban J connectivity index is 2.23. The average molecular weight is 284 g/mol. The first-order chi connectivity index (χ1) is 8.61. The lowest BCUT2D eigenvalue weighted by molar-refractivity contribution is 0.662. The zero-order chi connectivity index (χ0) is 13.1. The Labute approximate surface area is 117 Å². The van der Waals surface area contributed by atoms with Crippen LogP contribution in [-0.2, 0) is 13.1 Å². The lowest BCUT2D eigenvalue weighted by Gasteiger charge is -2.08. The van der Waals surface area contributed by atoms with Crippen LogP contribution in [0.1, 0.15) is 16.8 Å². The molecule has 1 N–H and O–H groups in total. The summed E-state index contributed by atoms with van der Waals surface area (Å²) in [5.41, 5.74) is 3.36. The number of hydrogen-bond acceptors (Lipinski definition) is 2. The molecule has 1 aromatic heterocycles. The van der Waals surface area contributed by atoms with Crippen LogP contribution in [0.2, 0.25) is 10.0 Å². The van der Waals surface area contributed by atoms with Crippen molar-refractivity contribution in [1.29, 1.82) is 0 Å². The van der Waals surface area contributed by atoms with Gasteiger partial charge in [0.25, 0.3) is 0 Å². The molecule has 0 saturated carbocycles. The summed E-state index contributed by atoms with van der Waals surface area (Å²) in [6.45, 7) is 3.54. The maximum absolute atomic E-state index is 6.16. The van der Waals surface area contributed by atoms with Crippen LogP contribution in [0.3, 0.4) is 0 Å². The highest BCUT2D eigenvalue weighted by atomic mass is 35.5. The minimum absolute atomic E-state index is 0.650. The monoisotopic (exact) mass is 283 g/mol. The molecular weight excluding hydrogens is 269 g/mol. The number of nitrogens with zero attached hydrogens (tertiary/aromatic N) is 2. The quantitative estimate of drug-likeness (QED) is 0.933. The second-order valence-electron chi connectivity index (χ2n) is 4.18. The van der Waals surface area contributed by atoms with Crippen LogP contribution in [0.15, 0.2) is 24.4 Å². The van der Waals surface area contributed by atoms with Crippen LogP contribution >= 0.6 is 23.2 Å². The Bertz CT molecular complexity index is 549. The van der Waals surface area contributed by atoms with Crippen LogP contribution in [0.4, 0.5) is 0 Å². The molecule has 18 heavy (non-hydrogen) atoms. The Morgan fingerprint density at radius 1 is 1.28 bits per heavy atom. The van der Waals surface area contributed by atoms with Gasteiger partial charge in [0, 0.05) is 27.8 Å². The van der Waals surface area contributed by atoms with Gasteiger partial charge in [-0.05, 0) is 31.7 Å². The maximum atomic E-state index is 6.16. The van der Waals surface area contributed by atoms with Crippen LogP contribution in [0.25, 0.3) is 0 Å². The molecule has 2 aromatic rings. The van der Waals surface area contributed by atoms with Crippen molar-refractivity contribution in [3.05, 3.63) is 51.3 Å². The van der Waals surface area contributed by atoms with E-state index in [-0.39, 0.29) is 0 Å². The molecule has 1 heterocycles. The highest BCUT2D eigenvalue weighted by Crippen LogP contribution is 2.22. The lowest BCUT2D eigenvalue weighted by atomic mass is 10.2. The zero-order valence-corrected chi connectivity index (χ0v) is 11.9. The highest BCUT2D eigenvalue weighted by Gasteiger charge is 2.08. The SMILES string of the molecule is CNCc1cnn(Cc2ccc(Cl)cc2Cl)c1C. The molecule has 0 fully saturated rings. The minimum atomic E-state index is 0.650. The van der Waals surface area contributed by atoms with E-state index in [2.05, 4.69) is 17.3 Å². The third-order valence-corrected chi connectivity index (χ3v) is 3.49. The predicted molar refractivity (Wildman–Crippen MR) is 75.3 cm³/mol. The molecule has 3 nitrogen and oxygen atoms in total. The molecule has 0 spiro atoms. The van der Waals surface area contributed by atoms with Gasteiger partial charge < -0.3 is 5.32 Å². The predicted octanol–water partition coefficient (Wildman–Crippen LogP) is 3.27. The Morgan fingerprint density at radius 3 is 2.72 bits per heavy atom. The van der Waals surface area contributed by atoms with Crippen molar-refractivity contribution in [2.75, 3.05) is 7.05 Å². The molecule has 0 bridgehead atoms. The summed E-state index contributed by atoms with van der Waals surface area (Å²) in [6.07, 6.45) is 1.88. The standard InChI is InChI=1S/C13H15Cl2N3/c1-9-11(6-16-2)7-17-18(9)8-10-3-4-12(14)5-13(10)15/h3-5,7,16H,6,8H2,1-2H3. The molecule has 2 rings (SSSR count). The van der Waals surface area contributed by atoms with Crippen LogP contribution < -0.4 is 5.32 Å². The number of benzene rings is 1. The van der Waals surface area contributed by atoms with Gasteiger partial charge in [0.15, 0.2) is 0 Å². The summed E-state index contributed by atoms with van der Waals surface area (Å²) in [5, 5.41) is 8.83. The third-order valence-electron chi connectivity index (χ3n) is 2.91. The van der Waals surface area contributed by atoms with E-state index in [0.717, 1.165) is 17.8 Å². The molecule has 0 aliphatic rings. The van der Waals surface area contributed by atoms with Crippen LogP contribution in [0, 0.1) is 6.92 Å². The van der Waals surface area contributed by atoms with Gasteiger partial charge in [-0.3, -0.25) is 4.68 Å². The van der Waals surface area contributed by atoms with Gasteiger partial charge in [-0.25, -0.2) is 0 Å². The van der Waals surface area contributed by atoms with Gasteiger partial charge in [-0.15, -0.1) is 0 Å². The highest BCUT2D eigenvalue weighted by molar-refractivity contribution is 6.35. The summed E-state index contributed by atoms with van der Waals surface area (Å²) in [7, 11) is 1.92. The Kier molecular flexibility index (Phi) is 4.27. The molecule has 1 aromatic carbocycles. The molecule has 0 atom stereocenters. The average Bonchev–Trinajstić information content (AvgIpc) is 2.66. The van der Waals surface area contributed by atoms with E-state index in [9.17, 15) is 0 Å². The van der Waals surface area contributed by atoms with Crippen molar-refractivity contribution in [1.82, 2.24) is 15.1 Å². The van der Waals surface area contributed by atoms with E-state index >= 15 is 0 Å². The molecule has 96 valence electrons. The summed E-state index contributed by atoms with van der Waals surface area (Å²) in [5.74, 6) is 0. The first-order valence-electron chi connectivity index (χ1n) is 5.71. The number of halogens is 2. The van der Waals surface area contributed by atoms with Crippen LogP contribution in [0.5, 0.6) is 0 Å². The molecule has 0 radical (unpaired) electrons.